The molecule has 0 aliphatic heterocycles. The summed E-state index contributed by atoms with van der Waals surface area (Å²) in [5, 5.41) is 6.22. The molecule has 8 nitrogen and oxygen atoms in total. The van der Waals surface area contributed by atoms with Crippen molar-refractivity contribution < 1.29 is 0 Å². The molecule has 0 radical (unpaired) electrons. The van der Waals surface area contributed by atoms with Gasteiger partial charge in [-0.3, -0.25) is 20.1 Å². The Balaban J connectivity index is 0.000000207. The van der Waals surface area contributed by atoms with E-state index in [0.29, 0.717) is 0 Å². The molecular formula is C25H32N8. The summed E-state index contributed by atoms with van der Waals surface area (Å²) in [5.74, 6) is 1.82. The summed E-state index contributed by atoms with van der Waals surface area (Å²) in [6.45, 7) is 9.81. The lowest BCUT2D eigenvalue weighted by Crippen LogP contribution is -1.72. The molecule has 0 unspecified atom stereocenters. The van der Waals surface area contributed by atoms with Gasteiger partial charge in [-0.25, -0.2) is 9.97 Å². The highest BCUT2D eigenvalue weighted by Crippen LogP contribution is 1.89. The molecule has 0 spiro atoms. The third-order valence-corrected chi connectivity index (χ3v) is 3.64. The summed E-state index contributed by atoms with van der Waals surface area (Å²) >= 11 is 0. The highest BCUT2D eigenvalue weighted by molar-refractivity contribution is 5.06. The summed E-state index contributed by atoms with van der Waals surface area (Å²) in [4.78, 5) is 22.2. The van der Waals surface area contributed by atoms with Gasteiger partial charge in [0.05, 0.1) is 0 Å². The van der Waals surface area contributed by atoms with E-state index in [-0.39, 0.29) is 0 Å². The molecule has 0 saturated carbocycles. The first kappa shape index (κ1) is 26.8. The van der Waals surface area contributed by atoms with Crippen LogP contribution < -0.4 is 0 Å². The van der Waals surface area contributed by atoms with Crippen molar-refractivity contribution in [2.75, 3.05) is 0 Å². The van der Waals surface area contributed by atoms with Crippen LogP contribution in [0.4, 0.5) is 0 Å². The molecule has 0 aromatic carbocycles. The van der Waals surface area contributed by atoms with Gasteiger partial charge < -0.3 is 4.98 Å². The number of nitrogens with zero attached hydrogens (tertiary/aromatic N) is 6. The number of H-pyrrole nitrogens is 2. The van der Waals surface area contributed by atoms with Crippen LogP contribution in [0, 0.1) is 34.6 Å². The van der Waals surface area contributed by atoms with E-state index < -0.39 is 0 Å². The number of aryl methyl sites for hydroxylation is 5. The Kier molecular flexibility index (Phi) is 14.2. The van der Waals surface area contributed by atoms with E-state index in [1.807, 2.05) is 83.3 Å². The summed E-state index contributed by atoms with van der Waals surface area (Å²) in [5.41, 5.74) is 3.54. The van der Waals surface area contributed by atoms with Crippen LogP contribution in [0.3, 0.4) is 0 Å². The second-order valence-corrected chi connectivity index (χ2v) is 6.77. The Labute approximate surface area is 195 Å². The first-order chi connectivity index (χ1) is 16.0. The highest BCUT2D eigenvalue weighted by Gasteiger charge is 1.76. The zero-order valence-corrected chi connectivity index (χ0v) is 19.8. The predicted molar refractivity (Wildman–Crippen MR) is 131 cm³/mol. The third-order valence-electron chi connectivity index (χ3n) is 3.64. The monoisotopic (exact) mass is 444 g/mol. The van der Waals surface area contributed by atoms with E-state index in [9.17, 15) is 0 Å². The Morgan fingerprint density at radius 3 is 1.64 bits per heavy atom. The van der Waals surface area contributed by atoms with E-state index in [2.05, 4.69) is 40.1 Å². The molecular weight excluding hydrogens is 412 g/mol. The SMILES string of the molecule is Cc1ccccn1.Cc1cccnc1.Cc1ccncc1.Cc1ncc[nH]1.Cc1ncn[nH]1. The standard InChI is InChI=1S/3C6H7N.C4H6N2.C3H5N3/c1-6-2-4-7-5-3-6;1-6-3-2-4-7-5-6;1-6-4-2-3-5-7-6;1-4-5-2-3-6-4;1-3-4-2-5-6-3/h3*2-5H,1H3;2-3H,1H3,(H,5,6);2H,1H3,(H,4,5,6). The van der Waals surface area contributed by atoms with Crippen molar-refractivity contribution in [1.82, 2.24) is 40.1 Å². The summed E-state index contributed by atoms with van der Waals surface area (Å²) in [6.07, 6.45) is 14.0. The van der Waals surface area contributed by atoms with Gasteiger partial charge in [0.25, 0.3) is 0 Å². The van der Waals surface area contributed by atoms with E-state index in [0.717, 1.165) is 17.3 Å². The Hall–Kier alpha value is -4.20. The molecule has 0 fully saturated rings. The van der Waals surface area contributed by atoms with Crippen LogP contribution in [0.1, 0.15) is 28.5 Å². The van der Waals surface area contributed by atoms with Crippen LogP contribution in [0.2, 0.25) is 0 Å². The zero-order chi connectivity index (χ0) is 24.2. The van der Waals surface area contributed by atoms with Crippen LogP contribution in [0.5, 0.6) is 0 Å². The molecule has 5 heterocycles. The molecule has 5 rings (SSSR count). The molecule has 0 atom stereocenters. The van der Waals surface area contributed by atoms with Gasteiger partial charge in [0.2, 0.25) is 0 Å². The number of aromatic amines is 2. The predicted octanol–water partition coefficient (Wildman–Crippen LogP) is 5.00. The van der Waals surface area contributed by atoms with E-state index in [4.69, 9.17) is 0 Å². The second-order valence-electron chi connectivity index (χ2n) is 6.77. The quantitative estimate of drug-likeness (QED) is 0.348. The Bertz CT molecular complexity index is 912. The summed E-state index contributed by atoms with van der Waals surface area (Å²) in [6, 6.07) is 13.7. The molecule has 0 saturated heterocycles. The molecule has 5 aromatic heterocycles. The van der Waals surface area contributed by atoms with Crippen molar-refractivity contribution in [1.29, 1.82) is 0 Å². The number of hydrogen-bond donors (Lipinski definition) is 2. The van der Waals surface area contributed by atoms with Gasteiger partial charge in [-0.05, 0) is 76.1 Å². The summed E-state index contributed by atoms with van der Waals surface area (Å²) < 4.78 is 0. The fourth-order valence-corrected chi connectivity index (χ4v) is 1.93. The fourth-order valence-electron chi connectivity index (χ4n) is 1.93. The minimum atomic E-state index is 0.856. The van der Waals surface area contributed by atoms with E-state index in [1.165, 1.54) is 17.5 Å². The van der Waals surface area contributed by atoms with Gasteiger partial charge in [-0.1, -0.05) is 12.1 Å². The smallest absolute Gasteiger partial charge is 0.137 e. The molecule has 33 heavy (non-hydrogen) atoms. The van der Waals surface area contributed by atoms with Gasteiger partial charge in [0.15, 0.2) is 0 Å². The van der Waals surface area contributed by atoms with Crippen molar-refractivity contribution >= 4 is 0 Å². The number of pyridine rings is 3. The normalized spacial score (nSPS) is 8.76. The lowest BCUT2D eigenvalue weighted by atomic mass is 10.3. The number of imidazole rings is 1. The van der Waals surface area contributed by atoms with Gasteiger partial charge in [0, 0.05) is 49.1 Å². The van der Waals surface area contributed by atoms with E-state index in [1.54, 1.807) is 37.2 Å². The number of aromatic nitrogens is 8. The van der Waals surface area contributed by atoms with Gasteiger partial charge in [-0.2, -0.15) is 5.10 Å². The van der Waals surface area contributed by atoms with Crippen LogP contribution in [0.25, 0.3) is 0 Å². The number of nitrogens with one attached hydrogen (secondary N) is 2. The Morgan fingerprint density at radius 2 is 1.39 bits per heavy atom. The maximum absolute atomic E-state index is 3.98. The van der Waals surface area contributed by atoms with Crippen LogP contribution in [-0.2, 0) is 0 Å². The Morgan fingerprint density at radius 1 is 0.606 bits per heavy atom. The molecule has 0 aliphatic rings. The van der Waals surface area contributed by atoms with Crippen molar-refractivity contribution in [3.63, 3.8) is 0 Å². The minimum Gasteiger partial charge on any atom is -0.349 e. The maximum Gasteiger partial charge on any atom is 0.137 e. The molecule has 172 valence electrons. The fraction of sp³-hybridized carbons (Fsp3) is 0.200. The van der Waals surface area contributed by atoms with Crippen LogP contribution in [0.15, 0.2) is 92.2 Å². The van der Waals surface area contributed by atoms with Crippen LogP contribution in [-0.4, -0.2) is 40.1 Å². The number of rotatable bonds is 0. The molecule has 0 aliphatic carbocycles. The van der Waals surface area contributed by atoms with Crippen molar-refractivity contribution in [3.05, 3.63) is 121 Å². The average molecular weight is 445 g/mol. The van der Waals surface area contributed by atoms with Gasteiger partial charge >= 0.3 is 0 Å². The highest BCUT2D eigenvalue weighted by atomic mass is 15.2. The topological polar surface area (TPSA) is 109 Å². The molecule has 5 aromatic rings. The molecule has 8 heteroatoms. The average Bonchev–Trinajstić information content (AvgIpc) is 3.51. The first-order valence-electron chi connectivity index (χ1n) is 10.4. The largest absolute Gasteiger partial charge is 0.349 e. The lowest BCUT2D eigenvalue weighted by molar-refractivity contribution is 1.04. The van der Waals surface area contributed by atoms with Crippen LogP contribution >= 0.6 is 0 Å². The second kappa shape index (κ2) is 17.5. The van der Waals surface area contributed by atoms with Gasteiger partial charge in [0.1, 0.15) is 18.0 Å². The molecule has 2 N–H and O–H groups in total. The minimum absolute atomic E-state index is 0.856. The maximum atomic E-state index is 3.98. The zero-order valence-electron chi connectivity index (χ0n) is 19.8. The molecule has 0 bridgehead atoms. The van der Waals surface area contributed by atoms with Crippen molar-refractivity contribution in [3.8, 4) is 0 Å². The summed E-state index contributed by atoms with van der Waals surface area (Å²) in [7, 11) is 0. The van der Waals surface area contributed by atoms with Crippen molar-refractivity contribution in [2.45, 2.75) is 34.6 Å². The van der Waals surface area contributed by atoms with Gasteiger partial charge in [-0.15, -0.1) is 0 Å². The lowest BCUT2D eigenvalue weighted by Gasteiger charge is -1.82. The third kappa shape index (κ3) is 16.2. The van der Waals surface area contributed by atoms with E-state index >= 15 is 0 Å². The van der Waals surface area contributed by atoms with Crippen molar-refractivity contribution in [2.24, 2.45) is 0 Å². The number of hydrogen-bond acceptors (Lipinski definition) is 6. The first-order valence-corrected chi connectivity index (χ1v) is 10.4. The molecule has 0 amide bonds.